The van der Waals surface area contributed by atoms with Gasteiger partial charge in [-0.05, 0) is 12.1 Å². The summed E-state index contributed by atoms with van der Waals surface area (Å²) < 4.78 is 11.7. The van der Waals surface area contributed by atoms with Crippen molar-refractivity contribution in [2.24, 2.45) is 0 Å². The molecule has 2 aromatic rings. The van der Waals surface area contributed by atoms with Gasteiger partial charge in [0.1, 0.15) is 18.4 Å². The first-order valence-corrected chi connectivity index (χ1v) is 7.16. The number of carbonyl (C=O) groups excluding carboxylic acids is 1. The lowest BCUT2D eigenvalue weighted by Crippen LogP contribution is -2.35. The summed E-state index contributed by atoms with van der Waals surface area (Å²) in [6, 6.07) is 9.53. The number of aryl methyl sites for hydroxylation is 1. The Kier molecular flexibility index (Phi) is 3.95. The van der Waals surface area contributed by atoms with E-state index in [0.717, 1.165) is 16.9 Å². The second kappa shape index (κ2) is 6.05. The number of hydrogen-bond donors (Lipinski definition) is 0. The van der Waals surface area contributed by atoms with Crippen LogP contribution in [-0.2, 0) is 11.3 Å². The molecular weight excluding hydrogens is 286 g/mol. The summed E-state index contributed by atoms with van der Waals surface area (Å²) in [5.74, 6) is 0.284. The van der Waals surface area contributed by atoms with Gasteiger partial charge in [0.25, 0.3) is 0 Å². The van der Waals surface area contributed by atoms with E-state index >= 15 is 0 Å². The van der Waals surface area contributed by atoms with Gasteiger partial charge in [-0.25, -0.2) is 4.79 Å². The Balaban J connectivity index is 1.57. The van der Waals surface area contributed by atoms with Crippen molar-refractivity contribution >= 4 is 5.91 Å². The molecule has 3 rings (SSSR count). The van der Waals surface area contributed by atoms with E-state index in [1.807, 2.05) is 30.3 Å². The van der Waals surface area contributed by atoms with Crippen molar-refractivity contribution in [3.8, 4) is 5.75 Å². The van der Waals surface area contributed by atoms with Gasteiger partial charge in [0.15, 0.2) is 0 Å². The highest BCUT2D eigenvalue weighted by Crippen LogP contribution is 2.18. The molecule has 7 nitrogen and oxygen atoms in total. The number of ether oxygens (including phenoxy) is 1. The molecule has 0 unspecified atom stereocenters. The minimum Gasteiger partial charge on any atom is -0.489 e. The van der Waals surface area contributed by atoms with Crippen LogP contribution in [0.15, 0.2) is 39.5 Å². The van der Waals surface area contributed by atoms with E-state index in [-0.39, 0.29) is 24.4 Å². The van der Waals surface area contributed by atoms with E-state index in [2.05, 4.69) is 5.10 Å². The van der Waals surface area contributed by atoms with E-state index in [0.29, 0.717) is 13.1 Å². The fourth-order valence-corrected chi connectivity index (χ4v) is 2.48. The van der Waals surface area contributed by atoms with Crippen LogP contribution in [-0.4, -0.2) is 39.8 Å². The lowest BCUT2D eigenvalue weighted by atomic mass is 10.3. The largest absolute Gasteiger partial charge is 0.489 e. The van der Waals surface area contributed by atoms with Gasteiger partial charge in [0.2, 0.25) is 11.8 Å². The van der Waals surface area contributed by atoms with Crippen LogP contribution < -0.4 is 10.5 Å². The number of hydrogen-bond acceptors (Lipinski definition) is 5. The summed E-state index contributed by atoms with van der Waals surface area (Å²) in [6.45, 7) is 2.59. The van der Waals surface area contributed by atoms with Crippen molar-refractivity contribution in [2.45, 2.75) is 26.0 Å². The monoisotopic (exact) mass is 303 g/mol. The number of para-hydroxylation sites is 1. The summed E-state index contributed by atoms with van der Waals surface area (Å²) in [5.41, 5.74) is 0. The zero-order valence-corrected chi connectivity index (χ0v) is 12.3. The van der Waals surface area contributed by atoms with Crippen LogP contribution in [0, 0.1) is 6.92 Å². The molecule has 1 aromatic heterocycles. The Morgan fingerprint density at radius 3 is 2.86 bits per heavy atom. The summed E-state index contributed by atoms with van der Waals surface area (Å²) >= 11 is 0. The van der Waals surface area contributed by atoms with Gasteiger partial charge in [0, 0.05) is 19.9 Å². The minimum absolute atomic E-state index is 0.0258. The fraction of sp³-hybridized carbons (Fsp3) is 0.400. The molecule has 1 fully saturated rings. The first-order valence-electron chi connectivity index (χ1n) is 7.16. The second-order valence-electron chi connectivity index (χ2n) is 5.23. The van der Waals surface area contributed by atoms with Crippen LogP contribution >= 0.6 is 0 Å². The van der Waals surface area contributed by atoms with Crippen molar-refractivity contribution in [2.75, 3.05) is 13.1 Å². The summed E-state index contributed by atoms with van der Waals surface area (Å²) in [6.07, 6.45) is 0.745. The highest BCUT2D eigenvalue weighted by atomic mass is 16.5. The number of benzene rings is 1. The van der Waals surface area contributed by atoms with Gasteiger partial charge in [-0.2, -0.15) is 4.68 Å². The van der Waals surface area contributed by atoms with E-state index in [1.54, 1.807) is 11.8 Å². The predicted molar refractivity (Wildman–Crippen MR) is 77.6 cm³/mol. The van der Waals surface area contributed by atoms with Crippen LogP contribution in [0.2, 0.25) is 0 Å². The number of aromatic nitrogens is 2. The maximum absolute atomic E-state index is 12.2. The number of nitrogens with zero attached hydrogens (tertiary/aromatic N) is 3. The quantitative estimate of drug-likeness (QED) is 0.836. The first-order chi connectivity index (χ1) is 10.6. The van der Waals surface area contributed by atoms with E-state index in [4.69, 9.17) is 9.15 Å². The Hall–Kier alpha value is -2.57. The average molecular weight is 303 g/mol. The van der Waals surface area contributed by atoms with Gasteiger partial charge in [0.05, 0.1) is 6.54 Å². The molecule has 1 atom stereocenters. The lowest BCUT2D eigenvalue weighted by Gasteiger charge is -2.16. The van der Waals surface area contributed by atoms with Crippen molar-refractivity contribution in [1.82, 2.24) is 14.7 Å². The maximum atomic E-state index is 12.2. The molecule has 0 N–H and O–H groups in total. The minimum atomic E-state index is -0.609. The zero-order chi connectivity index (χ0) is 15.5. The molecule has 1 saturated heterocycles. The molecule has 116 valence electrons. The SMILES string of the molecule is Cc1nn(CC(=O)N2CC[C@H](Oc3ccccc3)C2)c(=O)o1. The van der Waals surface area contributed by atoms with Crippen LogP contribution in [0.1, 0.15) is 12.3 Å². The first kappa shape index (κ1) is 14.4. The summed E-state index contributed by atoms with van der Waals surface area (Å²) in [4.78, 5) is 25.3. The number of likely N-dealkylation sites (tertiary alicyclic amines) is 1. The molecule has 22 heavy (non-hydrogen) atoms. The molecule has 0 radical (unpaired) electrons. The van der Waals surface area contributed by atoms with E-state index in [9.17, 15) is 9.59 Å². The summed E-state index contributed by atoms with van der Waals surface area (Å²) in [7, 11) is 0. The van der Waals surface area contributed by atoms with Gasteiger partial charge in [-0.15, -0.1) is 5.10 Å². The highest BCUT2D eigenvalue weighted by Gasteiger charge is 2.28. The fourth-order valence-electron chi connectivity index (χ4n) is 2.48. The molecule has 0 aliphatic carbocycles. The molecule has 0 saturated carbocycles. The topological polar surface area (TPSA) is 77.6 Å². The van der Waals surface area contributed by atoms with Crippen molar-refractivity contribution < 1.29 is 13.9 Å². The molecule has 1 aromatic carbocycles. The summed E-state index contributed by atoms with van der Waals surface area (Å²) in [5, 5.41) is 3.87. The zero-order valence-electron chi connectivity index (χ0n) is 12.3. The normalized spacial score (nSPS) is 17.7. The lowest BCUT2D eigenvalue weighted by molar-refractivity contribution is -0.131. The number of carbonyl (C=O) groups is 1. The molecule has 2 heterocycles. The Morgan fingerprint density at radius 2 is 2.18 bits per heavy atom. The van der Waals surface area contributed by atoms with Crippen molar-refractivity contribution in [3.05, 3.63) is 46.8 Å². The van der Waals surface area contributed by atoms with Crippen LogP contribution in [0.3, 0.4) is 0 Å². The van der Waals surface area contributed by atoms with Crippen molar-refractivity contribution in [3.63, 3.8) is 0 Å². The number of amides is 1. The van der Waals surface area contributed by atoms with Crippen LogP contribution in [0.25, 0.3) is 0 Å². The maximum Gasteiger partial charge on any atom is 0.437 e. The third-order valence-corrected chi connectivity index (χ3v) is 3.54. The molecular formula is C15H17N3O4. The van der Waals surface area contributed by atoms with Crippen LogP contribution in [0.5, 0.6) is 5.75 Å². The molecule has 1 aliphatic rings. The van der Waals surface area contributed by atoms with E-state index in [1.165, 1.54) is 0 Å². The average Bonchev–Trinajstić information content (AvgIpc) is 3.07. The smallest absolute Gasteiger partial charge is 0.437 e. The molecule has 0 spiro atoms. The third kappa shape index (κ3) is 3.19. The molecule has 1 aliphatic heterocycles. The Morgan fingerprint density at radius 1 is 1.41 bits per heavy atom. The number of rotatable bonds is 4. The highest BCUT2D eigenvalue weighted by molar-refractivity contribution is 5.76. The Labute approximate surface area is 127 Å². The van der Waals surface area contributed by atoms with Crippen LogP contribution in [0.4, 0.5) is 0 Å². The van der Waals surface area contributed by atoms with Gasteiger partial charge in [-0.3, -0.25) is 4.79 Å². The molecule has 7 heteroatoms. The second-order valence-corrected chi connectivity index (χ2v) is 5.23. The predicted octanol–water partition coefficient (Wildman–Crippen LogP) is 0.825. The van der Waals surface area contributed by atoms with Crippen molar-refractivity contribution in [1.29, 1.82) is 0 Å². The Bertz CT molecular complexity index is 707. The van der Waals surface area contributed by atoms with Gasteiger partial charge in [-0.1, -0.05) is 18.2 Å². The van der Waals surface area contributed by atoms with Gasteiger partial charge < -0.3 is 14.1 Å². The molecule has 1 amide bonds. The standard InChI is InChI=1S/C15H17N3O4/c1-11-16-18(15(20)21-11)10-14(19)17-8-7-13(9-17)22-12-5-3-2-4-6-12/h2-6,13H,7-10H2,1H3/t13-/m0/s1. The molecule has 0 bridgehead atoms. The van der Waals surface area contributed by atoms with Gasteiger partial charge >= 0.3 is 5.76 Å². The van der Waals surface area contributed by atoms with E-state index < -0.39 is 5.76 Å². The third-order valence-electron chi connectivity index (χ3n) is 3.54.